The number of rotatable bonds is 4. The predicted octanol–water partition coefficient (Wildman–Crippen LogP) is 2.88. The highest BCUT2D eigenvalue weighted by molar-refractivity contribution is 7.92. The Morgan fingerprint density at radius 3 is 2.29 bits per heavy atom. The van der Waals surface area contributed by atoms with Crippen molar-refractivity contribution in [1.29, 1.82) is 0 Å². The number of amides is 2. The smallest absolute Gasteiger partial charge is 0.264 e. The number of hydrogen-bond acceptors (Lipinski definition) is 4. The number of carbonyl (C=O) groups excluding carboxylic acids is 2. The third kappa shape index (κ3) is 3.64. The molecule has 3 aromatic rings. The molecule has 34 heavy (non-hydrogen) atoms. The van der Waals surface area contributed by atoms with Crippen LogP contribution in [0, 0.1) is 0 Å². The molecule has 2 aliphatic heterocycles. The van der Waals surface area contributed by atoms with Crippen LogP contribution in [0.1, 0.15) is 34.0 Å². The van der Waals surface area contributed by atoms with E-state index in [1.807, 2.05) is 49.4 Å². The second-order valence-corrected chi connectivity index (χ2v) is 10.6. The second-order valence-electron chi connectivity index (χ2n) is 8.83. The van der Waals surface area contributed by atoms with Gasteiger partial charge < -0.3 is 10.6 Å². The number of nitrogens with two attached hydrogens (primary N) is 1. The van der Waals surface area contributed by atoms with E-state index in [1.165, 1.54) is 21.3 Å². The van der Waals surface area contributed by atoms with Crippen molar-refractivity contribution in [2.45, 2.75) is 43.3 Å². The van der Waals surface area contributed by atoms with Crippen LogP contribution in [0.3, 0.4) is 0 Å². The van der Waals surface area contributed by atoms with E-state index in [9.17, 15) is 18.0 Å². The first-order chi connectivity index (χ1) is 16.3. The van der Waals surface area contributed by atoms with E-state index in [0.717, 1.165) is 16.7 Å². The van der Waals surface area contributed by atoms with Gasteiger partial charge in [0.25, 0.3) is 15.9 Å². The fraction of sp³-hybridized carbons (Fsp3) is 0.231. The van der Waals surface area contributed by atoms with E-state index in [-0.39, 0.29) is 23.0 Å². The van der Waals surface area contributed by atoms with Crippen molar-refractivity contribution in [2.75, 3.05) is 4.31 Å². The Morgan fingerprint density at radius 2 is 1.56 bits per heavy atom. The molecule has 3 aromatic carbocycles. The molecule has 8 heteroatoms. The van der Waals surface area contributed by atoms with Crippen molar-refractivity contribution in [3.8, 4) is 0 Å². The van der Waals surface area contributed by atoms with Gasteiger partial charge in [-0.05, 0) is 54.3 Å². The van der Waals surface area contributed by atoms with Crippen LogP contribution in [0.4, 0.5) is 5.69 Å². The molecule has 0 radical (unpaired) electrons. The predicted molar refractivity (Wildman–Crippen MR) is 129 cm³/mol. The standard InChI is InChI=1S/C26H25N3O4S/c1-17-13-19-8-4-5-12-23(19)29(17)34(32,33)22-11-6-10-20(14-22)26(31)28-16-21-9-3-2-7-18(21)15-24(28)25(27)30/h2-12,14,17,24H,13,15-16H2,1H3,(H2,27,30)/t17-,24+/m1/s1. The molecule has 5 rings (SSSR count). The number of hydrogen-bond donors (Lipinski definition) is 1. The molecule has 0 saturated heterocycles. The average molecular weight is 476 g/mol. The van der Waals surface area contributed by atoms with Crippen LogP contribution in [0.5, 0.6) is 0 Å². The highest BCUT2D eigenvalue weighted by Gasteiger charge is 2.37. The number of primary amides is 1. The molecule has 2 aliphatic rings. The monoisotopic (exact) mass is 475 g/mol. The zero-order chi connectivity index (χ0) is 24.0. The van der Waals surface area contributed by atoms with Gasteiger partial charge in [-0.1, -0.05) is 48.5 Å². The van der Waals surface area contributed by atoms with Crippen molar-refractivity contribution in [3.63, 3.8) is 0 Å². The number of para-hydroxylation sites is 1. The number of anilines is 1. The second kappa shape index (κ2) is 8.29. The topological polar surface area (TPSA) is 101 Å². The van der Waals surface area contributed by atoms with Crippen LogP contribution >= 0.6 is 0 Å². The van der Waals surface area contributed by atoms with Gasteiger partial charge in [-0.15, -0.1) is 0 Å². The Balaban J connectivity index is 1.50. The third-order valence-electron chi connectivity index (χ3n) is 6.62. The van der Waals surface area contributed by atoms with Crippen molar-refractivity contribution < 1.29 is 18.0 Å². The summed E-state index contributed by atoms with van der Waals surface area (Å²) in [6, 6.07) is 20.0. The molecule has 2 N–H and O–H groups in total. The largest absolute Gasteiger partial charge is 0.368 e. The van der Waals surface area contributed by atoms with Gasteiger partial charge in [0.2, 0.25) is 5.91 Å². The van der Waals surface area contributed by atoms with Crippen LogP contribution < -0.4 is 10.0 Å². The zero-order valence-electron chi connectivity index (χ0n) is 18.7. The van der Waals surface area contributed by atoms with Crippen LogP contribution in [0.15, 0.2) is 77.7 Å². The first-order valence-corrected chi connectivity index (χ1v) is 12.6. The first-order valence-electron chi connectivity index (χ1n) is 11.2. The van der Waals surface area contributed by atoms with E-state index in [0.29, 0.717) is 18.5 Å². The minimum absolute atomic E-state index is 0.0370. The first kappa shape index (κ1) is 22.2. The van der Waals surface area contributed by atoms with E-state index < -0.39 is 27.9 Å². The van der Waals surface area contributed by atoms with Crippen molar-refractivity contribution >= 4 is 27.5 Å². The fourth-order valence-corrected chi connectivity index (χ4v) is 6.70. The molecule has 2 amide bonds. The Morgan fingerprint density at radius 1 is 0.882 bits per heavy atom. The van der Waals surface area contributed by atoms with E-state index >= 15 is 0 Å². The van der Waals surface area contributed by atoms with E-state index in [2.05, 4.69) is 0 Å². The minimum Gasteiger partial charge on any atom is -0.368 e. The summed E-state index contributed by atoms with van der Waals surface area (Å²) in [5, 5.41) is 0. The van der Waals surface area contributed by atoms with Crippen molar-refractivity contribution in [2.24, 2.45) is 5.73 Å². The highest BCUT2D eigenvalue weighted by Crippen LogP contribution is 2.36. The molecule has 0 bridgehead atoms. The summed E-state index contributed by atoms with van der Waals surface area (Å²) >= 11 is 0. The van der Waals surface area contributed by atoms with Gasteiger partial charge in [-0.25, -0.2) is 8.42 Å². The number of carbonyl (C=O) groups is 2. The minimum atomic E-state index is -3.90. The summed E-state index contributed by atoms with van der Waals surface area (Å²) in [5.74, 6) is -1.01. The number of nitrogens with zero attached hydrogens (tertiary/aromatic N) is 2. The Bertz CT molecular complexity index is 1400. The van der Waals surface area contributed by atoms with Gasteiger partial charge in [0.05, 0.1) is 10.6 Å². The summed E-state index contributed by atoms with van der Waals surface area (Å²) in [6.07, 6.45) is 0.957. The van der Waals surface area contributed by atoms with Crippen molar-refractivity contribution in [1.82, 2.24) is 4.90 Å². The van der Waals surface area contributed by atoms with Crippen LogP contribution in [-0.4, -0.2) is 37.2 Å². The lowest BCUT2D eigenvalue weighted by Gasteiger charge is -2.35. The van der Waals surface area contributed by atoms with Gasteiger partial charge in [-0.2, -0.15) is 0 Å². The maximum atomic E-state index is 13.6. The summed E-state index contributed by atoms with van der Waals surface area (Å²) in [7, 11) is -3.90. The zero-order valence-corrected chi connectivity index (χ0v) is 19.5. The Labute approximate surface area is 198 Å². The van der Waals surface area contributed by atoms with E-state index in [4.69, 9.17) is 5.73 Å². The lowest BCUT2D eigenvalue weighted by Crippen LogP contribution is -2.51. The van der Waals surface area contributed by atoms with Crippen molar-refractivity contribution in [3.05, 3.63) is 95.1 Å². The lowest BCUT2D eigenvalue weighted by atomic mass is 9.93. The maximum Gasteiger partial charge on any atom is 0.264 e. The average Bonchev–Trinajstić information content (AvgIpc) is 3.19. The third-order valence-corrected chi connectivity index (χ3v) is 8.54. The summed E-state index contributed by atoms with van der Waals surface area (Å²) < 4.78 is 28.7. The Hall–Kier alpha value is -3.65. The molecule has 0 spiro atoms. The molecule has 7 nitrogen and oxygen atoms in total. The highest BCUT2D eigenvalue weighted by atomic mass is 32.2. The fourth-order valence-electron chi connectivity index (χ4n) is 4.96. The number of benzene rings is 3. The molecule has 0 aliphatic carbocycles. The molecule has 174 valence electrons. The molecule has 0 aromatic heterocycles. The number of fused-ring (bicyclic) bond motifs is 2. The van der Waals surface area contributed by atoms with Gasteiger partial charge in [0.15, 0.2) is 0 Å². The maximum absolute atomic E-state index is 13.6. The molecule has 0 saturated carbocycles. The molecular formula is C26H25N3O4S. The molecular weight excluding hydrogens is 450 g/mol. The molecule has 0 fully saturated rings. The lowest BCUT2D eigenvalue weighted by molar-refractivity contribution is -0.122. The normalized spacial score (nSPS) is 19.4. The summed E-state index contributed by atoms with van der Waals surface area (Å²) in [5.41, 5.74) is 9.40. The van der Waals surface area contributed by atoms with Gasteiger partial charge >= 0.3 is 0 Å². The quantitative estimate of drug-likeness (QED) is 0.627. The van der Waals surface area contributed by atoms with Crippen LogP contribution in [-0.2, 0) is 34.2 Å². The molecule has 2 atom stereocenters. The van der Waals surface area contributed by atoms with Gasteiger partial charge in [0.1, 0.15) is 6.04 Å². The summed E-state index contributed by atoms with van der Waals surface area (Å²) in [6.45, 7) is 2.10. The van der Waals surface area contributed by atoms with Crippen LogP contribution in [0.25, 0.3) is 0 Å². The Kier molecular flexibility index (Phi) is 5.40. The van der Waals surface area contributed by atoms with Crippen LogP contribution in [0.2, 0.25) is 0 Å². The SMILES string of the molecule is C[C@@H]1Cc2ccccc2N1S(=O)(=O)c1cccc(C(=O)N2Cc3ccccc3C[C@H]2C(N)=O)c1. The number of sulfonamides is 1. The van der Waals surface area contributed by atoms with Gasteiger partial charge in [-0.3, -0.25) is 13.9 Å². The van der Waals surface area contributed by atoms with E-state index in [1.54, 1.807) is 18.2 Å². The summed E-state index contributed by atoms with van der Waals surface area (Å²) in [4.78, 5) is 27.2. The molecule has 0 unspecified atom stereocenters. The molecule has 2 heterocycles. The van der Waals surface area contributed by atoms with Gasteiger partial charge in [0, 0.05) is 24.6 Å².